The average molecular weight is 439 g/mol. The predicted octanol–water partition coefficient (Wildman–Crippen LogP) is 5.30. The van der Waals surface area contributed by atoms with Crippen LogP contribution in [0.25, 0.3) is 11.4 Å². The zero-order chi connectivity index (χ0) is 22.2. The van der Waals surface area contributed by atoms with Crippen molar-refractivity contribution in [2.75, 3.05) is 6.61 Å². The first-order valence-corrected chi connectivity index (χ1v) is 11.1. The third-order valence-electron chi connectivity index (χ3n) is 4.99. The molecule has 0 aliphatic rings. The van der Waals surface area contributed by atoms with Crippen molar-refractivity contribution in [2.24, 2.45) is 5.92 Å². The first kappa shape index (κ1) is 22.7. The van der Waals surface area contributed by atoms with Crippen molar-refractivity contribution in [1.82, 2.24) is 20.1 Å². The van der Waals surface area contributed by atoms with Gasteiger partial charge in [0.25, 0.3) is 0 Å². The summed E-state index contributed by atoms with van der Waals surface area (Å²) < 4.78 is 7.87. The van der Waals surface area contributed by atoms with Crippen LogP contribution < -0.4 is 10.1 Å². The van der Waals surface area contributed by atoms with Crippen LogP contribution in [0.4, 0.5) is 0 Å². The molecule has 1 amide bonds. The van der Waals surface area contributed by atoms with Gasteiger partial charge in [-0.3, -0.25) is 14.5 Å². The fourth-order valence-electron chi connectivity index (χ4n) is 3.53. The second-order valence-corrected chi connectivity index (χ2v) is 8.26. The number of ether oxygens (including phenoxy) is 1. The lowest BCUT2D eigenvalue weighted by Gasteiger charge is -2.21. The molecule has 164 valence electrons. The van der Waals surface area contributed by atoms with Crippen LogP contribution in [0.2, 0.25) is 0 Å². The molecule has 1 atom stereocenters. The summed E-state index contributed by atoms with van der Waals surface area (Å²) in [5.74, 6) is 1.99. The number of benzene rings is 2. The highest BCUT2D eigenvalue weighted by atomic mass is 32.1. The zero-order valence-electron chi connectivity index (χ0n) is 18.3. The van der Waals surface area contributed by atoms with Crippen molar-refractivity contribution in [3.05, 3.63) is 64.9 Å². The molecule has 2 aromatic carbocycles. The standard InChI is InChI=1S/C24H30N4O2S/c1-4-30-20-12-10-19(11-13-20)23-26-27-24(31)28(23)15-14-22(29)25-21(16-17(2)3)18-8-6-5-7-9-18/h5-13,17,21H,4,14-16H2,1-3H3,(H,25,29)(H,27,31). The summed E-state index contributed by atoms with van der Waals surface area (Å²) in [5.41, 5.74) is 2.04. The van der Waals surface area contributed by atoms with Gasteiger partial charge in [-0.05, 0) is 61.3 Å². The number of nitrogens with zero attached hydrogens (tertiary/aromatic N) is 2. The van der Waals surface area contributed by atoms with Crippen LogP contribution in [0.15, 0.2) is 54.6 Å². The highest BCUT2D eigenvalue weighted by Crippen LogP contribution is 2.23. The second kappa shape index (κ2) is 10.9. The first-order valence-electron chi connectivity index (χ1n) is 10.7. The van der Waals surface area contributed by atoms with E-state index in [1.54, 1.807) is 0 Å². The van der Waals surface area contributed by atoms with Crippen LogP contribution in [-0.4, -0.2) is 27.3 Å². The SMILES string of the molecule is CCOc1ccc(-c2n[nH]c(=S)n2CCC(=O)NC(CC(C)C)c2ccccc2)cc1. The number of aromatic nitrogens is 3. The first-order chi connectivity index (χ1) is 15.0. The highest BCUT2D eigenvalue weighted by Gasteiger charge is 2.17. The Morgan fingerprint density at radius 3 is 2.52 bits per heavy atom. The van der Waals surface area contributed by atoms with Crippen molar-refractivity contribution in [1.29, 1.82) is 0 Å². The van der Waals surface area contributed by atoms with E-state index < -0.39 is 0 Å². The molecule has 2 N–H and O–H groups in total. The molecule has 1 heterocycles. The van der Waals surface area contributed by atoms with Crippen LogP contribution in [0, 0.1) is 10.7 Å². The lowest BCUT2D eigenvalue weighted by Crippen LogP contribution is -2.30. The Hall–Kier alpha value is -2.93. The van der Waals surface area contributed by atoms with E-state index in [-0.39, 0.29) is 11.9 Å². The largest absolute Gasteiger partial charge is 0.494 e. The van der Waals surface area contributed by atoms with Crippen molar-refractivity contribution in [2.45, 2.75) is 46.2 Å². The number of carbonyl (C=O) groups is 1. The Balaban J connectivity index is 1.68. The molecule has 3 rings (SSSR count). The fourth-order valence-corrected chi connectivity index (χ4v) is 3.75. The quantitative estimate of drug-likeness (QED) is 0.421. The highest BCUT2D eigenvalue weighted by molar-refractivity contribution is 7.71. The monoisotopic (exact) mass is 438 g/mol. The van der Waals surface area contributed by atoms with Crippen LogP contribution >= 0.6 is 12.2 Å². The van der Waals surface area contributed by atoms with Gasteiger partial charge in [0, 0.05) is 18.5 Å². The van der Waals surface area contributed by atoms with E-state index in [1.165, 1.54) is 0 Å². The maximum absolute atomic E-state index is 12.8. The Kier molecular flexibility index (Phi) is 8.00. The van der Waals surface area contributed by atoms with Gasteiger partial charge < -0.3 is 10.1 Å². The van der Waals surface area contributed by atoms with Crippen molar-refractivity contribution in [3.63, 3.8) is 0 Å². The summed E-state index contributed by atoms with van der Waals surface area (Å²) >= 11 is 5.40. The molecule has 1 aromatic heterocycles. The topological polar surface area (TPSA) is 71.9 Å². The van der Waals surface area contributed by atoms with Crippen molar-refractivity contribution in [3.8, 4) is 17.1 Å². The van der Waals surface area contributed by atoms with Gasteiger partial charge in [0.15, 0.2) is 10.6 Å². The van der Waals surface area contributed by atoms with Gasteiger partial charge in [0.2, 0.25) is 5.91 Å². The molecule has 1 unspecified atom stereocenters. The summed E-state index contributed by atoms with van der Waals surface area (Å²) in [7, 11) is 0. The number of hydrogen-bond acceptors (Lipinski definition) is 4. The fraction of sp³-hybridized carbons (Fsp3) is 0.375. The zero-order valence-corrected chi connectivity index (χ0v) is 19.1. The number of amides is 1. The van der Waals surface area contributed by atoms with E-state index in [9.17, 15) is 4.79 Å². The van der Waals surface area contributed by atoms with E-state index in [4.69, 9.17) is 17.0 Å². The molecule has 0 saturated carbocycles. The van der Waals surface area contributed by atoms with Gasteiger partial charge in [-0.1, -0.05) is 44.2 Å². The summed E-state index contributed by atoms with van der Waals surface area (Å²) in [4.78, 5) is 12.8. The Labute approximate surface area is 188 Å². The minimum absolute atomic E-state index is 0.00315. The van der Waals surface area contributed by atoms with Crippen LogP contribution in [0.5, 0.6) is 5.75 Å². The van der Waals surface area contributed by atoms with Crippen molar-refractivity contribution >= 4 is 18.1 Å². The molecule has 0 bridgehead atoms. The van der Waals surface area contributed by atoms with Gasteiger partial charge in [0.05, 0.1) is 12.6 Å². The van der Waals surface area contributed by atoms with E-state index in [1.807, 2.05) is 54.0 Å². The molecule has 0 aliphatic carbocycles. The van der Waals surface area contributed by atoms with Gasteiger partial charge in [-0.15, -0.1) is 0 Å². The number of carbonyl (C=O) groups excluding carboxylic acids is 1. The van der Waals surface area contributed by atoms with E-state index >= 15 is 0 Å². The van der Waals surface area contributed by atoms with E-state index in [2.05, 4.69) is 41.5 Å². The minimum Gasteiger partial charge on any atom is -0.494 e. The number of rotatable bonds is 10. The van der Waals surface area contributed by atoms with Crippen LogP contribution in [0.3, 0.4) is 0 Å². The molecule has 0 radical (unpaired) electrons. The number of aromatic amines is 1. The molecular weight excluding hydrogens is 408 g/mol. The number of nitrogens with one attached hydrogen (secondary N) is 2. The third-order valence-corrected chi connectivity index (χ3v) is 5.30. The Morgan fingerprint density at radius 2 is 1.87 bits per heavy atom. The second-order valence-electron chi connectivity index (χ2n) is 7.87. The molecule has 6 nitrogen and oxygen atoms in total. The Bertz CT molecular complexity index is 1030. The van der Waals surface area contributed by atoms with Gasteiger partial charge in [0.1, 0.15) is 5.75 Å². The van der Waals surface area contributed by atoms with Gasteiger partial charge in [-0.25, -0.2) is 0 Å². The molecule has 0 saturated heterocycles. The maximum Gasteiger partial charge on any atom is 0.222 e. The average Bonchev–Trinajstić information content (AvgIpc) is 3.13. The predicted molar refractivity (Wildman–Crippen MR) is 125 cm³/mol. The normalized spacial score (nSPS) is 12.0. The lowest BCUT2D eigenvalue weighted by atomic mass is 9.97. The number of H-pyrrole nitrogens is 1. The van der Waals surface area contributed by atoms with Gasteiger partial charge >= 0.3 is 0 Å². The Morgan fingerprint density at radius 1 is 1.16 bits per heavy atom. The molecule has 0 fully saturated rings. The summed E-state index contributed by atoms with van der Waals surface area (Å²) in [5, 5.41) is 10.4. The lowest BCUT2D eigenvalue weighted by molar-refractivity contribution is -0.122. The summed E-state index contributed by atoms with van der Waals surface area (Å²) in [6.07, 6.45) is 1.21. The van der Waals surface area contributed by atoms with Crippen LogP contribution in [-0.2, 0) is 11.3 Å². The summed E-state index contributed by atoms with van der Waals surface area (Å²) in [6, 6.07) is 17.8. The van der Waals surface area contributed by atoms with Crippen LogP contribution in [0.1, 0.15) is 45.2 Å². The van der Waals surface area contributed by atoms with Crippen molar-refractivity contribution < 1.29 is 9.53 Å². The van der Waals surface area contributed by atoms with E-state index in [0.29, 0.717) is 36.1 Å². The minimum atomic E-state index is -0.00440. The molecule has 0 spiro atoms. The van der Waals surface area contributed by atoms with Gasteiger partial charge in [-0.2, -0.15) is 5.10 Å². The maximum atomic E-state index is 12.8. The smallest absolute Gasteiger partial charge is 0.222 e. The number of hydrogen-bond donors (Lipinski definition) is 2. The molecular formula is C24H30N4O2S. The molecule has 0 aliphatic heterocycles. The molecule has 31 heavy (non-hydrogen) atoms. The van der Waals surface area contributed by atoms with E-state index in [0.717, 1.165) is 23.3 Å². The molecule has 3 aromatic rings. The third kappa shape index (κ3) is 6.28. The molecule has 7 heteroatoms. The summed E-state index contributed by atoms with van der Waals surface area (Å²) in [6.45, 7) is 7.35.